The van der Waals surface area contributed by atoms with Crippen LogP contribution in [0, 0.1) is 0 Å². The van der Waals surface area contributed by atoms with Crippen molar-refractivity contribution in [2.45, 2.75) is 0 Å². The lowest BCUT2D eigenvalue weighted by Crippen LogP contribution is -2.23. The van der Waals surface area contributed by atoms with E-state index in [0.717, 1.165) is 0 Å². The Hall–Kier alpha value is -3.15. The largest absolute Gasteiger partial charge is 0.504 e. The van der Waals surface area contributed by atoms with Crippen LogP contribution in [0.4, 0.5) is 0 Å². The Bertz CT molecular complexity index is 866. The summed E-state index contributed by atoms with van der Waals surface area (Å²) in [6.07, 6.45) is 0.356. The average Bonchev–Trinajstić information content (AvgIpc) is 2.58. The minimum Gasteiger partial charge on any atom is -0.504 e. The first kappa shape index (κ1) is 14.8. The van der Waals surface area contributed by atoms with Crippen LogP contribution in [0.3, 0.4) is 0 Å². The predicted molar refractivity (Wildman–Crippen MR) is 79.9 cm³/mol. The molecule has 0 atom stereocenters. The summed E-state index contributed by atoms with van der Waals surface area (Å²) >= 11 is 0. The molecule has 0 heterocycles. The van der Waals surface area contributed by atoms with Crippen LogP contribution in [-0.2, 0) is 0 Å². The van der Waals surface area contributed by atoms with E-state index in [9.17, 15) is 19.5 Å². The highest BCUT2D eigenvalue weighted by atomic mass is 16.5. The van der Waals surface area contributed by atoms with Crippen molar-refractivity contribution in [3.8, 4) is 17.2 Å². The van der Waals surface area contributed by atoms with Crippen molar-refractivity contribution in [3.63, 3.8) is 0 Å². The van der Waals surface area contributed by atoms with Crippen molar-refractivity contribution in [2.24, 2.45) is 0 Å². The number of methoxy groups -OCH3 is 2. The van der Waals surface area contributed by atoms with Crippen molar-refractivity contribution in [2.75, 3.05) is 14.2 Å². The molecule has 116 valence electrons. The van der Waals surface area contributed by atoms with E-state index in [2.05, 4.69) is 0 Å². The number of hydrogen-bond acceptors (Lipinski definition) is 6. The highest BCUT2D eigenvalue weighted by Crippen LogP contribution is 2.46. The molecule has 1 aliphatic carbocycles. The van der Waals surface area contributed by atoms with Gasteiger partial charge in [-0.3, -0.25) is 14.4 Å². The number of ketones is 2. The fourth-order valence-corrected chi connectivity index (χ4v) is 2.81. The first-order valence-corrected chi connectivity index (χ1v) is 6.71. The Labute approximate surface area is 131 Å². The van der Waals surface area contributed by atoms with Gasteiger partial charge in [-0.2, -0.15) is 0 Å². The number of phenolic OH excluding ortho intramolecular Hbond substituents is 1. The smallest absolute Gasteiger partial charge is 0.198 e. The number of aldehydes is 1. The number of benzene rings is 2. The molecule has 0 unspecified atom stereocenters. The first-order chi connectivity index (χ1) is 11.1. The van der Waals surface area contributed by atoms with E-state index in [1.54, 1.807) is 12.1 Å². The monoisotopic (exact) mass is 312 g/mol. The highest BCUT2D eigenvalue weighted by Gasteiger charge is 2.38. The van der Waals surface area contributed by atoms with Gasteiger partial charge in [0.05, 0.1) is 25.3 Å². The predicted octanol–water partition coefficient (Wildman–Crippen LogP) is 2.00. The van der Waals surface area contributed by atoms with Crippen LogP contribution in [0.2, 0.25) is 0 Å². The molecule has 1 N–H and O–H groups in total. The lowest BCUT2D eigenvalue weighted by molar-refractivity contribution is 0.0972. The Morgan fingerprint density at radius 3 is 1.83 bits per heavy atom. The molecule has 0 spiro atoms. The molecule has 0 saturated carbocycles. The van der Waals surface area contributed by atoms with Crippen molar-refractivity contribution in [3.05, 3.63) is 52.1 Å². The number of aromatic hydroxyl groups is 1. The molecule has 0 aliphatic heterocycles. The van der Waals surface area contributed by atoms with E-state index >= 15 is 0 Å². The molecule has 6 heteroatoms. The number of hydrogen-bond donors (Lipinski definition) is 1. The molecular formula is C17H12O6. The minimum absolute atomic E-state index is 0.0760. The second-order valence-electron chi connectivity index (χ2n) is 4.90. The maximum absolute atomic E-state index is 12.8. The second-order valence-corrected chi connectivity index (χ2v) is 4.90. The van der Waals surface area contributed by atoms with Gasteiger partial charge in [0.25, 0.3) is 0 Å². The average molecular weight is 312 g/mol. The third-order valence-corrected chi connectivity index (χ3v) is 3.82. The molecule has 0 aromatic heterocycles. The highest BCUT2D eigenvalue weighted by molar-refractivity contribution is 6.31. The van der Waals surface area contributed by atoms with Crippen molar-refractivity contribution >= 4 is 17.9 Å². The van der Waals surface area contributed by atoms with Crippen LogP contribution < -0.4 is 9.47 Å². The Balaban J connectivity index is 2.49. The normalized spacial score (nSPS) is 12.4. The Morgan fingerprint density at radius 1 is 0.913 bits per heavy atom. The van der Waals surface area contributed by atoms with Crippen LogP contribution in [-0.4, -0.2) is 37.2 Å². The van der Waals surface area contributed by atoms with Crippen molar-refractivity contribution in [1.82, 2.24) is 0 Å². The SMILES string of the molecule is COc1c(O)c(C=O)c(OC)c2c1C(=O)c1ccccc1C2=O. The fourth-order valence-electron chi connectivity index (χ4n) is 2.81. The van der Waals surface area contributed by atoms with Gasteiger partial charge < -0.3 is 14.6 Å². The maximum Gasteiger partial charge on any atom is 0.198 e. The lowest BCUT2D eigenvalue weighted by atomic mass is 9.81. The van der Waals surface area contributed by atoms with E-state index in [4.69, 9.17) is 9.47 Å². The van der Waals surface area contributed by atoms with Gasteiger partial charge in [0.15, 0.2) is 29.4 Å². The lowest BCUT2D eigenvalue weighted by Gasteiger charge is -2.23. The number of phenols is 1. The van der Waals surface area contributed by atoms with Crippen LogP contribution in [0.5, 0.6) is 17.2 Å². The zero-order valence-corrected chi connectivity index (χ0v) is 12.4. The summed E-state index contributed by atoms with van der Waals surface area (Å²) in [5.74, 6) is -1.82. The van der Waals surface area contributed by atoms with Gasteiger partial charge >= 0.3 is 0 Å². The van der Waals surface area contributed by atoms with E-state index in [1.807, 2.05) is 0 Å². The molecule has 3 rings (SSSR count). The summed E-state index contributed by atoms with van der Waals surface area (Å²) in [4.78, 5) is 36.9. The number of carbonyl (C=O) groups excluding carboxylic acids is 3. The summed E-state index contributed by atoms with van der Waals surface area (Å²) in [6.45, 7) is 0. The third-order valence-electron chi connectivity index (χ3n) is 3.82. The molecule has 0 saturated heterocycles. The number of carbonyl (C=O) groups is 3. The van der Waals surface area contributed by atoms with Gasteiger partial charge in [0, 0.05) is 11.1 Å². The van der Waals surface area contributed by atoms with Gasteiger partial charge in [0.1, 0.15) is 11.3 Å². The zero-order valence-electron chi connectivity index (χ0n) is 12.4. The molecule has 0 bridgehead atoms. The Kier molecular flexibility index (Phi) is 3.37. The van der Waals surface area contributed by atoms with Crippen LogP contribution in [0.15, 0.2) is 24.3 Å². The standard InChI is InChI=1S/C17H12O6/c1-22-16-10(7-18)15(21)17(23-2)12-11(16)13(19)8-5-3-4-6-9(8)14(12)20/h3-7,21H,1-2H3. The van der Waals surface area contributed by atoms with Gasteiger partial charge in [-0.15, -0.1) is 0 Å². The van der Waals surface area contributed by atoms with Crippen LogP contribution >= 0.6 is 0 Å². The summed E-state index contributed by atoms with van der Waals surface area (Å²) in [5.41, 5.74) is 0.0178. The molecule has 2 aromatic carbocycles. The van der Waals surface area contributed by atoms with Gasteiger partial charge in [-0.05, 0) is 0 Å². The van der Waals surface area contributed by atoms with E-state index in [-0.39, 0.29) is 39.3 Å². The third kappa shape index (κ3) is 1.85. The van der Waals surface area contributed by atoms with E-state index in [0.29, 0.717) is 6.29 Å². The topological polar surface area (TPSA) is 89.9 Å². The molecule has 0 amide bonds. The summed E-state index contributed by atoms with van der Waals surface area (Å²) in [5, 5.41) is 10.2. The number of ether oxygens (including phenoxy) is 2. The quantitative estimate of drug-likeness (QED) is 0.744. The molecule has 6 nitrogen and oxygen atoms in total. The number of fused-ring (bicyclic) bond motifs is 2. The second kappa shape index (κ2) is 5.24. The first-order valence-electron chi connectivity index (χ1n) is 6.71. The van der Waals surface area contributed by atoms with Gasteiger partial charge in [-0.1, -0.05) is 24.3 Å². The van der Waals surface area contributed by atoms with Crippen molar-refractivity contribution in [1.29, 1.82) is 0 Å². The summed E-state index contributed by atoms with van der Waals surface area (Å²) < 4.78 is 10.2. The van der Waals surface area contributed by atoms with Gasteiger partial charge in [0.2, 0.25) is 0 Å². The minimum atomic E-state index is -0.529. The van der Waals surface area contributed by atoms with E-state index < -0.39 is 17.3 Å². The summed E-state index contributed by atoms with van der Waals surface area (Å²) in [7, 11) is 2.50. The zero-order chi connectivity index (χ0) is 16.7. The molecule has 2 aromatic rings. The van der Waals surface area contributed by atoms with Gasteiger partial charge in [-0.25, -0.2) is 0 Å². The number of rotatable bonds is 3. The maximum atomic E-state index is 12.8. The van der Waals surface area contributed by atoms with Crippen LogP contribution in [0.25, 0.3) is 0 Å². The molecule has 1 aliphatic rings. The molecule has 23 heavy (non-hydrogen) atoms. The summed E-state index contributed by atoms with van der Waals surface area (Å²) in [6, 6.07) is 6.32. The molecular weight excluding hydrogens is 300 g/mol. The Morgan fingerprint density at radius 2 is 1.39 bits per heavy atom. The van der Waals surface area contributed by atoms with Crippen molar-refractivity contribution < 1.29 is 29.0 Å². The van der Waals surface area contributed by atoms with Crippen LogP contribution in [0.1, 0.15) is 42.2 Å². The van der Waals surface area contributed by atoms with E-state index in [1.165, 1.54) is 26.4 Å². The molecule has 0 radical (unpaired) electrons. The fraction of sp³-hybridized carbons (Fsp3) is 0.118. The molecule has 0 fully saturated rings.